The van der Waals surface area contributed by atoms with Gasteiger partial charge in [-0.05, 0) is 12.1 Å². The van der Waals surface area contributed by atoms with Crippen molar-refractivity contribution in [2.75, 3.05) is 31.1 Å². The Hall–Kier alpha value is -3.02. The molecule has 0 unspecified atom stereocenters. The van der Waals surface area contributed by atoms with Gasteiger partial charge >= 0.3 is 0 Å². The minimum atomic E-state index is 0.0399. The topological polar surface area (TPSA) is 62.2 Å². The lowest BCUT2D eigenvalue weighted by Crippen LogP contribution is -2.49. The zero-order chi connectivity index (χ0) is 16.4. The summed E-state index contributed by atoms with van der Waals surface area (Å²) in [6.45, 7) is 2.84. The fourth-order valence-electron chi connectivity index (χ4n) is 3.04. The zero-order valence-electron chi connectivity index (χ0n) is 13.2. The Bertz CT molecular complexity index is 854. The molecule has 2 aromatic heterocycles. The normalized spacial score (nSPS) is 14.8. The van der Waals surface area contributed by atoms with Crippen molar-refractivity contribution < 1.29 is 4.79 Å². The van der Waals surface area contributed by atoms with E-state index in [9.17, 15) is 4.79 Å². The van der Waals surface area contributed by atoms with Gasteiger partial charge in [0, 0.05) is 50.2 Å². The van der Waals surface area contributed by atoms with Crippen molar-refractivity contribution >= 4 is 22.6 Å². The Labute approximate surface area is 139 Å². The van der Waals surface area contributed by atoms with Crippen LogP contribution in [0.4, 0.5) is 5.82 Å². The number of pyridine rings is 1. The van der Waals surface area contributed by atoms with Crippen molar-refractivity contribution in [1.82, 2.24) is 19.9 Å². The maximum absolute atomic E-state index is 12.9. The number of fused-ring (bicyclic) bond motifs is 1. The van der Waals surface area contributed by atoms with Crippen molar-refractivity contribution in [2.45, 2.75) is 0 Å². The van der Waals surface area contributed by atoms with E-state index in [1.807, 2.05) is 35.2 Å². The lowest BCUT2D eigenvalue weighted by atomic mass is 10.1. The van der Waals surface area contributed by atoms with Crippen molar-refractivity contribution in [3.8, 4) is 0 Å². The van der Waals surface area contributed by atoms with Gasteiger partial charge in [-0.25, -0.2) is 4.98 Å². The van der Waals surface area contributed by atoms with Gasteiger partial charge < -0.3 is 9.80 Å². The van der Waals surface area contributed by atoms with Crippen LogP contribution in [0.1, 0.15) is 10.4 Å². The molecule has 6 heteroatoms. The number of aromatic nitrogens is 3. The molecular weight excluding hydrogens is 302 g/mol. The summed E-state index contributed by atoms with van der Waals surface area (Å²) in [5.74, 6) is 0.898. The van der Waals surface area contributed by atoms with Crippen LogP contribution in [0.25, 0.3) is 10.9 Å². The van der Waals surface area contributed by atoms with Crippen molar-refractivity contribution in [1.29, 1.82) is 0 Å². The van der Waals surface area contributed by atoms with E-state index >= 15 is 0 Å². The maximum atomic E-state index is 12.9. The van der Waals surface area contributed by atoms with E-state index < -0.39 is 0 Å². The molecule has 1 amide bonds. The number of amides is 1. The van der Waals surface area contributed by atoms with Gasteiger partial charge in [-0.1, -0.05) is 18.2 Å². The first-order valence-electron chi connectivity index (χ1n) is 7.97. The largest absolute Gasteiger partial charge is 0.352 e. The molecule has 0 aliphatic carbocycles. The second-order valence-corrected chi connectivity index (χ2v) is 5.72. The minimum Gasteiger partial charge on any atom is -0.352 e. The summed E-state index contributed by atoms with van der Waals surface area (Å²) in [4.78, 5) is 29.7. The van der Waals surface area contributed by atoms with Gasteiger partial charge in [0.1, 0.15) is 5.82 Å². The third-order valence-corrected chi connectivity index (χ3v) is 4.30. The number of hydrogen-bond donors (Lipinski definition) is 0. The van der Waals surface area contributed by atoms with Crippen molar-refractivity contribution in [2.24, 2.45) is 0 Å². The van der Waals surface area contributed by atoms with E-state index in [1.54, 1.807) is 24.8 Å². The predicted molar refractivity (Wildman–Crippen MR) is 91.9 cm³/mol. The Morgan fingerprint density at radius 3 is 2.54 bits per heavy atom. The molecule has 0 N–H and O–H groups in total. The molecule has 1 aliphatic heterocycles. The Morgan fingerprint density at radius 2 is 1.75 bits per heavy atom. The molecule has 4 rings (SSSR count). The molecule has 6 nitrogen and oxygen atoms in total. The maximum Gasteiger partial charge on any atom is 0.256 e. The lowest BCUT2D eigenvalue weighted by Gasteiger charge is -2.35. The van der Waals surface area contributed by atoms with Gasteiger partial charge in [-0.3, -0.25) is 14.8 Å². The summed E-state index contributed by atoms with van der Waals surface area (Å²) < 4.78 is 0. The van der Waals surface area contributed by atoms with Crippen LogP contribution in [0.3, 0.4) is 0 Å². The molecule has 0 saturated carbocycles. The molecule has 0 atom stereocenters. The van der Waals surface area contributed by atoms with E-state index in [0.29, 0.717) is 18.7 Å². The number of carbonyl (C=O) groups is 1. The predicted octanol–water partition coefficient (Wildman–Crippen LogP) is 1.99. The van der Waals surface area contributed by atoms with Crippen LogP contribution in [0.15, 0.2) is 55.1 Å². The summed E-state index contributed by atoms with van der Waals surface area (Å²) in [7, 11) is 0. The number of benzene rings is 1. The van der Waals surface area contributed by atoms with Crippen LogP contribution >= 0.6 is 0 Å². The summed E-state index contributed by atoms with van der Waals surface area (Å²) in [5.41, 5.74) is 1.43. The molecule has 120 valence electrons. The fourth-order valence-corrected chi connectivity index (χ4v) is 3.04. The summed E-state index contributed by atoms with van der Waals surface area (Å²) in [6, 6.07) is 9.60. The Morgan fingerprint density at radius 1 is 0.917 bits per heavy atom. The Kier molecular flexibility index (Phi) is 3.78. The van der Waals surface area contributed by atoms with E-state index in [1.165, 1.54) is 0 Å². The van der Waals surface area contributed by atoms with Gasteiger partial charge in [-0.15, -0.1) is 0 Å². The van der Waals surface area contributed by atoms with Gasteiger partial charge in [-0.2, -0.15) is 0 Å². The average molecular weight is 319 g/mol. The van der Waals surface area contributed by atoms with Crippen molar-refractivity contribution in [3.05, 3.63) is 60.7 Å². The summed E-state index contributed by atoms with van der Waals surface area (Å²) in [6.07, 6.45) is 6.84. The third-order valence-electron chi connectivity index (χ3n) is 4.30. The molecule has 0 radical (unpaired) electrons. The van der Waals surface area contributed by atoms with Crippen LogP contribution in [0.5, 0.6) is 0 Å². The van der Waals surface area contributed by atoms with E-state index in [2.05, 4.69) is 19.9 Å². The molecule has 0 spiro atoms. The molecule has 1 fully saturated rings. The van der Waals surface area contributed by atoms with Gasteiger partial charge in [0.25, 0.3) is 5.91 Å². The number of carbonyl (C=O) groups excluding carboxylic acids is 1. The quantitative estimate of drug-likeness (QED) is 0.723. The monoisotopic (exact) mass is 319 g/mol. The number of anilines is 1. The number of hydrogen-bond acceptors (Lipinski definition) is 5. The highest BCUT2D eigenvalue weighted by Crippen LogP contribution is 2.19. The van der Waals surface area contributed by atoms with E-state index in [-0.39, 0.29) is 5.91 Å². The summed E-state index contributed by atoms with van der Waals surface area (Å²) >= 11 is 0. The van der Waals surface area contributed by atoms with Gasteiger partial charge in [0.05, 0.1) is 17.3 Å². The molecule has 1 saturated heterocycles. The second-order valence-electron chi connectivity index (χ2n) is 5.72. The van der Waals surface area contributed by atoms with Gasteiger partial charge in [0.2, 0.25) is 0 Å². The summed E-state index contributed by atoms with van der Waals surface area (Å²) in [5, 5.41) is 0.988. The average Bonchev–Trinajstić information content (AvgIpc) is 2.68. The van der Waals surface area contributed by atoms with Crippen molar-refractivity contribution in [3.63, 3.8) is 0 Å². The number of para-hydroxylation sites is 1. The van der Waals surface area contributed by atoms with Crippen LogP contribution in [0, 0.1) is 0 Å². The number of rotatable bonds is 2. The van der Waals surface area contributed by atoms with Crippen LogP contribution in [-0.4, -0.2) is 51.9 Å². The Balaban J connectivity index is 1.52. The first-order chi connectivity index (χ1) is 11.8. The third kappa shape index (κ3) is 2.67. The van der Waals surface area contributed by atoms with Gasteiger partial charge in [0.15, 0.2) is 0 Å². The minimum absolute atomic E-state index is 0.0399. The fraction of sp³-hybridized carbons (Fsp3) is 0.222. The van der Waals surface area contributed by atoms with Crippen LogP contribution in [-0.2, 0) is 0 Å². The molecule has 0 bridgehead atoms. The molecule has 1 aliphatic rings. The molecular formula is C18H17N5O. The molecule has 3 heterocycles. The first-order valence-corrected chi connectivity index (χ1v) is 7.97. The highest BCUT2D eigenvalue weighted by Gasteiger charge is 2.24. The van der Waals surface area contributed by atoms with E-state index in [4.69, 9.17) is 0 Å². The zero-order valence-corrected chi connectivity index (χ0v) is 13.2. The highest BCUT2D eigenvalue weighted by atomic mass is 16.2. The lowest BCUT2D eigenvalue weighted by molar-refractivity contribution is 0.0748. The van der Waals surface area contributed by atoms with E-state index in [0.717, 1.165) is 29.8 Å². The highest BCUT2D eigenvalue weighted by molar-refractivity contribution is 6.05. The smallest absolute Gasteiger partial charge is 0.256 e. The van der Waals surface area contributed by atoms with Crippen LogP contribution in [0.2, 0.25) is 0 Å². The molecule has 3 aromatic rings. The second kappa shape index (κ2) is 6.23. The number of nitrogens with zero attached hydrogens (tertiary/aromatic N) is 5. The molecule has 1 aromatic carbocycles. The SMILES string of the molecule is O=C(c1cccc2cccnc12)N1CCN(c2cnccn2)CC1. The first kappa shape index (κ1) is 14.6. The number of piperazine rings is 1. The standard InChI is InChI=1S/C18H17N5O/c24-18(15-5-1-3-14-4-2-6-21-17(14)15)23-11-9-22(10-12-23)16-13-19-7-8-20-16/h1-8,13H,9-12H2. The van der Waals surface area contributed by atoms with Crippen LogP contribution < -0.4 is 4.90 Å². The molecule has 24 heavy (non-hydrogen) atoms.